The number of aliphatic hydroxyl groups is 1. The van der Waals surface area contributed by atoms with Crippen molar-refractivity contribution in [3.05, 3.63) is 35.9 Å². The van der Waals surface area contributed by atoms with E-state index >= 15 is 0 Å². The largest absolute Gasteiger partial charge is 0.393 e. The highest BCUT2D eigenvalue weighted by Gasteiger charge is 2.37. The zero-order chi connectivity index (χ0) is 19.3. The number of hydrogen-bond acceptors (Lipinski definition) is 4. The Kier molecular flexibility index (Phi) is 6.65. The molecule has 2 atom stereocenters. The molecule has 1 amide bonds. The Bertz CT molecular complexity index is 626. The number of amides is 1. The summed E-state index contributed by atoms with van der Waals surface area (Å²) in [7, 11) is 0. The van der Waals surface area contributed by atoms with Gasteiger partial charge in [-0.15, -0.1) is 0 Å². The van der Waals surface area contributed by atoms with Crippen molar-refractivity contribution in [2.24, 2.45) is 5.92 Å². The average Bonchev–Trinajstić information content (AvgIpc) is 2.69. The molecule has 2 heterocycles. The SMILES string of the molecule is O=C(CCC1CCC1)N1CCO[C@@H](CN2CCC(O)CC2)[C@@H]1c1ccccc1. The molecule has 1 aromatic rings. The van der Waals surface area contributed by atoms with E-state index in [-0.39, 0.29) is 24.2 Å². The van der Waals surface area contributed by atoms with E-state index in [1.807, 2.05) is 6.07 Å². The Morgan fingerprint density at radius 3 is 2.50 bits per heavy atom. The summed E-state index contributed by atoms with van der Waals surface area (Å²) in [5.74, 6) is 1.04. The summed E-state index contributed by atoms with van der Waals surface area (Å²) in [6.07, 6.45) is 7.08. The molecular weight excluding hydrogens is 352 g/mol. The lowest BCUT2D eigenvalue weighted by atomic mass is 9.82. The van der Waals surface area contributed by atoms with Crippen LogP contribution in [0.1, 0.15) is 56.6 Å². The number of benzene rings is 1. The number of aliphatic hydroxyl groups excluding tert-OH is 1. The van der Waals surface area contributed by atoms with E-state index in [2.05, 4.69) is 34.1 Å². The van der Waals surface area contributed by atoms with Gasteiger partial charge < -0.3 is 19.6 Å². The number of nitrogens with zero attached hydrogens (tertiary/aromatic N) is 2. The maximum absolute atomic E-state index is 13.1. The van der Waals surface area contributed by atoms with Crippen LogP contribution in [-0.4, -0.2) is 65.8 Å². The van der Waals surface area contributed by atoms with Crippen molar-refractivity contribution in [3.63, 3.8) is 0 Å². The molecule has 2 saturated heterocycles. The standard InChI is InChI=1S/C23H34N2O3/c26-20-11-13-24(14-12-20)17-21-23(19-7-2-1-3-8-19)25(15-16-28-21)22(27)10-9-18-5-4-6-18/h1-3,7-8,18,20-21,23,26H,4-6,9-17H2/t21-,23-/m0/s1. The van der Waals surface area contributed by atoms with E-state index in [0.717, 1.165) is 44.8 Å². The molecule has 0 unspecified atom stereocenters. The second-order valence-electron chi connectivity index (χ2n) is 8.72. The van der Waals surface area contributed by atoms with Gasteiger partial charge in [-0.05, 0) is 30.7 Å². The van der Waals surface area contributed by atoms with Crippen LogP contribution in [0.25, 0.3) is 0 Å². The second-order valence-corrected chi connectivity index (χ2v) is 8.72. The average molecular weight is 387 g/mol. The van der Waals surface area contributed by atoms with Crippen molar-refractivity contribution < 1.29 is 14.6 Å². The minimum Gasteiger partial charge on any atom is -0.393 e. The number of hydrogen-bond donors (Lipinski definition) is 1. The quantitative estimate of drug-likeness (QED) is 0.817. The first kappa shape index (κ1) is 19.9. The lowest BCUT2D eigenvalue weighted by molar-refractivity contribution is -0.149. The van der Waals surface area contributed by atoms with Gasteiger partial charge in [-0.1, -0.05) is 49.6 Å². The first-order valence-corrected chi connectivity index (χ1v) is 11.1. The zero-order valence-corrected chi connectivity index (χ0v) is 16.8. The first-order chi connectivity index (χ1) is 13.7. The van der Waals surface area contributed by atoms with Crippen molar-refractivity contribution >= 4 is 5.91 Å². The Hall–Kier alpha value is -1.43. The van der Waals surface area contributed by atoms with Crippen LogP contribution < -0.4 is 0 Å². The van der Waals surface area contributed by atoms with Crippen molar-refractivity contribution in [2.45, 2.75) is 63.2 Å². The molecule has 5 heteroatoms. The maximum atomic E-state index is 13.1. The molecular formula is C23H34N2O3. The van der Waals surface area contributed by atoms with E-state index in [1.54, 1.807) is 0 Å². The van der Waals surface area contributed by atoms with Gasteiger partial charge in [0.2, 0.25) is 5.91 Å². The van der Waals surface area contributed by atoms with Gasteiger partial charge in [-0.2, -0.15) is 0 Å². The summed E-state index contributed by atoms with van der Waals surface area (Å²) < 4.78 is 6.21. The molecule has 2 aliphatic heterocycles. The van der Waals surface area contributed by atoms with Crippen LogP contribution in [-0.2, 0) is 9.53 Å². The molecule has 1 aromatic carbocycles. The molecule has 28 heavy (non-hydrogen) atoms. The third kappa shape index (κ3) is 4.76. The van der Waals surface area contributed by atoms with Gasteiger partial charge in [0.1, 0.15) is 0 Å². The first-order valence-electron chi connectivity index (χ1n) is 11.1. The summed E-state index contributed by atoms with van der Waals surface area (Å²) in [6, 6.07) is 10.4. The molecule has 0 bridgehead atoms. The molecule has 0 aromatic heterocycles. The molecule has 4 rings (SSSR count). The van der Waals surface area contributed by atoms with E-state index in [4.69, 9.17) is 4.74 Å². The molecule has 0 spiro atoms. The minimum atomic E-state index is -0.168. The fourth-order valence-electron chi connectivity index (χ4n) is 4.82. The minimum absolute atomic E-state index is 0.0148. The van der Waals surface area contributed by atoms with Crippen molar-refractivity contribution in [1.82, 2.24) is 9.80 Å². The van der Waals surface area contributed by atoms with Gasteiger partial charge in [0, 0.05) is 32.6 Å². The molecule has 5 nitrogen and oxygen atoms in total. The van der Waals surface area contributed by atoms with Gasteiger partial charge in [-0.3, -0.25) is 4.79 Å². The van der Waals surface area contributed by atoms with Gasteiger partial charge in [-0.25, -0.2) is 0 Å². The number of piperidine rings is 1. The number of ether oxygens (including phenoxy) is 1. The van der Waals surface area contributed by atoms with Crippen molar-refractivity contribution in [1.29, 1.82) is 0 Å². The topological polar surface area (TPSA) is 53.0 Å². The summed E-state index contributed by atoms with van der Waals surface area (Å²) in [5, 5.41) is 9.80. The third-order valence-electron chi connectivity index (χ3n) is 6.80. The Balaban J connectivity index is 1.47. The summed E-state index contributed by atoms with van der Waals surface area (Å²) >= 11 is 0. The van der Waals surface area contributed by atoms with Gasteiger partial charge in [0.15, 0.2) is 0 Å². The van der Waals surface area contributed by atoms with Crippen LogP contribution in [0.4, 0.5) is 0 Å². The van der Waals surface area contributed by atoms with Gasteiger partial charge in [0.05, 0.1) is 24.9 Å². The monoisotopic (exact) mass is 386 g/mol. The number of rotatable bonds is 6. The Morgan fingerprint density at radius 1 is 1.07 bits per heavy atom. The van der Waals surface area contributed by atoms with E-state index in [1.165, 1.54) is 24.8 Å². The maximum Gasteiger partial charge on any atom is 0.223 e. The fourth-order valence-corrected chi connectivity index (χ4v) is 4.82. The number of morpholine rings is 1. The highest BCUT2D eigenvalue weighted by molar-refractivity contribution is 5.77. The smallest absolute Gasteiger partial charge is 0.223 e. The van der Waals surface area contributed by atoms with E-state index < -0.39 is 0 Å². The third-order valence-corrected chi connectivity index (χ3v) is 6.80. The van der Waals surface area contributed by atoms with Crippen LogP contribution >= 0.6 is 0 Å². The molecule has 0 radical (unpaired) electrons. The van der Waals surface area contributed by atoms with Crippen LogP contribution in [0.5, 0.6) is 0 Å². The van der Waals surface area contributed by atoms with Crippen molar-refractivity contribution in [3.8, 4) is 0 Å². The molecule has 1 N–H and O–H groups in total. The molecule has 3 aliphatic rings. The van der Waals surface area contributed by atoms with Crippen molar-refractivity contribution in [2.75, 3.05) is 32.8 Å². The lowest BCUT2D eigenvalue weighted by Gasteiger charge is -2.44. The summed E-state index contributed by atoms with van der Waals surface area (Å²) in [5.41, 5.74) is 1.17. The van der Waals surface area contributed by atoms with Crippen LogP contribution in [0.3, 0.4) is 0 Å². The Labute approximate surface area is 168 Å². The second kappa shape index (κ2) is 9.38. The van der Waals surface area contributed by atoms with E-state index in [9.17, 15) is 9.90 Å². The summed E-state index contributed by atoms with van der Waals surface area (Å²) in [6.45, 7) is 3.91. The van der Waals surface area contributed by atoms with Gasteiger partial charge >= 0.3 is 0 Å². The van der Waals surface area contributed by atoms with Crippen LogP contribution in [0.2, 0.25) is 0 Å². The van der Waals surface area contributed by atoms with Gasteiger partial charge in [0.25, 0.3) is 0 Å². The summed E-state index contributed by atoms with van der Waals surface area (Å²) in [4.78, 5) is 17.6. The van der Waals surface area contributed by atoms with E-state index in [0.29, 0.717) is 19.6 Å². The highest BCUT2D eigenvalue weighted by atomic mass is 16.5. The number of carbonyl (C=O) groups is 1. The molecule has 154 valence electrons. The predicted molar refractivity (Wildman–Crippen MR) is 109 cm³/mol. The fraction of sp³-hybridized carbons (Fsp3) is 0.696. The number of carbonyl (C=O) groups excluding carboxylic acids is 1. The number of likely N-dealkylation sites (tertiary alicyclic amines) is 1. The zero-order valence-electron chi connectivity index (χ0n) is 16.8. The normalized spacial score (nSPS) is 27.5. The lowest BCUT2D eigenvalue weighted by Crippen LogP contribution is -2.52. The highest BCUT2D eigenvalue weighted by Crippen LogP contribution is 2.34. The molecule has 1 saturated carbocycles. The molecule has 1 aliphatic carbocycles. The predicted octanol–water partition coefficient (Wildman–Crippen LogP) is 2.99. The Morgan fingerprint density at radius 2 is 1.82 bits per heavy atom. The van der Waals surface area contributed by atoms with Crippen LogP contribution in [0, 0.1) is 5.92 Å². The van der Waals surface area contributed by atoms with Crippen LogP contribution in [0.15, 0.2) is 30.3 Å². The molecule has 3 fully saturated rings.